The molecule has 1 aliphatic carbocycles. The average Bonchev–Trinajstić information content (AvgIpc) is 2.77. The van der Waals surface area contributed by atoms with Gasteiger partial charge in [-0.25, -0.2) is 13.1 Å². The minimum atomic E-state index is -3.47. The predicted octanol–water partition coefficient (Wildman–Crippen LogP) is 2.14. The third-order valence-electron chi connectivity index (χ3n) is 5.21. The highest BCUT2D eigenvalue weighted by Crippen LogP contribution is 2.67. The molecular weight excluding hydrogens is 274 g/mol. The Balaban J connectivity index is 2.05. The maximum atomic E-state index is 12.2. The summed E-state index contributed by atoms with van der Waals surface area (Å²) in [7, 11) is -3.47. The fourth-order valence-electron chi connectivity index (χ4n) is 2.89. The smallest absolute Gasteiger partial charge is 0.240 e. The molecule has 0 unspecified atom stereocenters. The van der Waals surface area contributed by atoms with Crippen molar-refractivity contribution in [2.75, 3.05) is 6.54 Å². The van der Waals surface area contributed by atoms with Crippen LogP contribution in [0.1, 0.15) is 33.3 Å². The Morgan fingerprint density at radius 3 is 2.00 bits per heavy atom. The maximum Gasteiger partial charge on any atom is 0.240 e. The van der Waals surface area contributed by atoms with Crippen LogP contribution in [-0.4, -0.2) is 20.1 Å². The van der Waals surface area contributed by atoms with E-state index in [0.29, 0.717) is 18.0 Å². The molecule has 0 amide bonds. The molecular formula is C15H23NO3S. The van der Waals surface area contributed by atoms with Crippen LogP contribution < -0.4 is 4.72 Å². The molecule has 1 aliphatic rings. The van der Waals surface area contributed by atoms with E-state index in [4.69, 9.17) is 5.11 Å². The molecule has 0 radical (unpaired) electrons. The third kappa shape index (κ3) is 2.50. The lowest BCUT2D eigenvalue weighted by Gasteiger charge is -2.08. The van der Waals surface area contributed by atoms with E-state index < -0.39 is 10.0 Å². The van der Waals surface area contributed by atoms with Gasteiger partial charge in [0.05, 0.1) is 11.5 Å². The quantitative estimate of drug-likeness (QED) is 0.875. The molecule has 0 aliphatic heterocycles. The van der Waals surface area contributed by atoms with Gasteiger partial charge in [-0.1, -0.05) is 39.8 Å². The first-order valence-electron chi connectivity index (χ1n) is 6.82. The summed E-state index contributed by atoms with van der Waals surface area (Å²) in [6, 6.07) is 6.30. The summed E-state index contributed by atoms with van der Waals surface area (Å²) in [4.78, 5) is 0.242. The minimum absolute atomic E-state index is 0.0851. The zero-order valence-corrected chi connectivity index (χ0v) is 13.3. The van der Waals surface area contributed by atoms with E-state index in [1.54, 1.807) is 12.1 Å². The molecule has 5 heteroatoms. The predicted molar refractivity (Wildman–Crippen MR) is 78.6 cm³/mol. The van der Waals surface area contributed by atoms with Crippen LogP contribution >= 0.6 is 0 Å². The Bertz CT molecular complexity index is 574. The van der Waals surface area contributed by atoms with Gasteiger partial charge in [0.2, 0.25) is 10.0 Å². The second kappa shape index (κ2) is 4.83. The molecule has 1 aromatic rings. The molecule has 0 saturated heterocycles. The molecule has 2 rings (SSSR count). The van der Waals surface area contributed by atoms with E-state index in [1.165, 1.54) is 12.1 Å². The monoisotopic (exact) mass is 297 g/mol. The van der Waals surface area contributed by atoms with Crippen molar-refractivity contribution in [2.24, 2.45) is 16.7 Å². The van der Waals surface area contributed by atoms with Gasteiger partial charge in [0.1, 0.15) is 0 Å². The second-order valence-electron chi connectivity index (χ2n) is 6.65. The van der Waals surface area contributed by atoms with Crippen molar-refractivity contribution >= 4 is 10.0 Å². The van der Waals surface area contributed by atoms with Crippen molar-refractivity contribution in [3.8, 4) is 0 Å². The van der Waals surface area contributed by atoms with Crippen LogP contribution in [0.5, 0.6) is 0 Å². The molecule has 2 N–H and O–H groups in total. The van der Waals surface area contributed by atoms with Crippen molar-refractivity contribution in [1.29, 1.82) is 0 Å². The Morgan fingerprint density at radius 1 is 1.10 bits per heavy atom. The van der Waals surface area contributed by atoms with Crippen LogP contribution in [0.4, 0.5) is 0 Å². The number of hydrogen-bond acceptors (Lipinski definition) is 3. The van der Waals surface area contributed by atoms with E-state index in [2.05, 4.69) is 32.4 Å². The Hall–Kier alpha value is -0.910. The normalized spacial score (nSPS) is 20.9. The molecule has 1 saturated carbocycles. The number of sulfonamides is 1. The van der Waals surface area contributed by atoms with Crippen molar-refractivity contribution in [2.45, 2.75) is 39.2 Å². The first kappa shape index (κ1) is 15.5. The molecule has 0 bridgehead atoms. The van der Waals surface area contributed by atoms with Gasteiger partial charge in [0, 0.05) is 6.54 Å². The number of nitrogens with one attached hydrogen (secondary N) is 1. The van der Waals surface area contributed by atoms with E-state index in [9.17, 15) is 8.42 Å². The van der Waals surface area contributed by atoms with Crippen LogP contribution in [0, 0.1) is 16.7 Å². The SMILES string of the molecule is CC1(C)C(CNS(=O)(=O)c2ccc(CO)cc2)C1(C)C. The first-order valence-corrected chi connectivity index (χ1v) is 8.31. The van der Waals surface area contributed by atoms with Crippen LogP contribution in [-0.2, 0) is 16.6 Å². The highest BCUT2D eigenvalue weighted by atomic mass is 32.2. The van der Waals surface area contributed by atoms with Gasteiger partial charge in [-0.05, 0) is 34.4 Å². The molecule has 0 atom stereocenters. The highest BCUT2D eigenvalue weighted by Gasteiger charge is 2.64. The van der Waals surface area contributed by atoms with Crippen LogP contribution in [0.3, 0.4) is 0 Å². The molecule has 112 valence electrons. The topological polar surface area (TPSA) is 66.4 Å². The largest absolute Gasteiger partial charge is 0.392 e. The number of benzene rings is 1. The fourth-order valence-corrected chi connectivity index (χ4v) is 3.94. The van der Waals surface area contributed by atoms with Crippen molar-refractivity contribution in [3.05, 3.63) is 29.8 Å². The van der Waals surface area contributed by atoms with E-state index >= 15 is 0 Å². The van der Waals surface area contributed by atoms with Gasteiger partial charge < -0.3 is 5.11 Å². The second-order valence-corrected chi connectivity index (χ2v) is 8.42. The highest BCUT2D eigenvalue weighted by molar-refractivity contribution is 7.89. The van der Waals surface area contributed by atoms with Gasteiger partial charge in [-0.2, -0.15) is 0 Å². The molecule has 0 spiro atoms. The van der Waals surface area contributed by atoms with Crippen LogP contribution in [0.15, 0.2) is 29.2 Å². The van der Waals surface area contributed by atoms with Gasteiger partial charge in [-0.3, -0.25) is 0 Å². The standard InChI is InChI=1S/C15H23NO3S/c1-14(2)13(15(14,3)4)9-16-20(18,19)12-7-5-11(10-17)6-8-12/h5-8,13,16-17H,9-10H2,1-4H3. The zero-order valence-electron chi connectivity index (χ0n) is 12.5. The lowest BCUT2D eigenvalue weighted by molar-refractivity contribution is 0.282. The third-order valence-corrected chi connectivity index (χ3v) is 6.65. The molecule has 1 fully saturated rings. The van der Waals surface area contributed by atoms with Gasteiger partial charge in [-0.15, -0.1) is 0 Å². The Labute approximate surface area is 121 Å². The van der Waals surface area contributed by atoms with Crippen molar-refractivity contribution < 1.29 is 13.5 Å². The maximum absolute atomic E-state index is 12.2. The molecule has 20 heavy (non-hydrogen) atoms. The molecule has 0 heterocycles. The summed E-state index contributed by atoms with van der Waals surface area (Å²) < 4.78 is 27.1. The fraction of sp³-hybridized carbons (Fsp3) is 0.600. The van der Waals surface area contributed by atoms with Crippen molar-refractivity contribution in [1.82, 2.24) is 4.72 Å². The van der Waals surface area contributed by atoms with Gasteiger partial charge >= 0.3 is 0 Å². The van der Waals surface area contributed by atoms with Crippen LogP contribution in [0.2, 0.25) is 0 Å². The first-order chi connectivity index (χ1) is 9.13. The number of aliphatic hydroxyl groups is 1. The Kier molecular flexibility index (Phi) is 3.73. The minimum Gasteiger partial charge on any atom is -0.392 e. The summed E-state index contributed by atoms with van der Waals surface area (Å²) in [6.45, 7) is 9.05. The average molecular weight is 297 g/mol. The summed E-state index contributed by atoms with van der Waals surface area (Å²) in [5, 5.41) is 8.97. The van der Waals surface area contributed by atoms with Gasteiger partial charge in [0.15, 0.2) is 0 Å². The number of hydrogen-bond donors (Lipinski definition) is 2. The number of aliphatic hydroxyl groups excluding tert-OH is 1. The molecule has 0 aromatic heterocycles. The molecule has 4 nitrogen and oxygen atoms in total. The van der Waals surface area contributed by atoms with E-state index in [0.717, 1.165) is 0 Å². The summed E-state index contributed by atoms with van der Waals surface area (Å²) in [6.07, 6.45) is 0. The number of rotatable bonds is 5. The van der Waals surface area contributed by atoms with E-state index in [1.807, 2.05) is 0 Å². The Morgan fingerprint density at radius 2 is 1.60 bits per heavy atom. The molecule has 1 aromatic carbocycles. The van der Waals surface area contributed by atoms with Crippen LogP contribution in [0.25, 0.3) is 0 Å². The lowest BCUT2D eigenvalue weighted by Crippen LogP contribution is -2.27. The summed E-state index contributed by atoms with van der Waals surface area (Å²) >= 11 is 0. The lowest BCUT2D eigenvalue weighted by atomic mass is 10.0. The van der Waals surface area contributed by atoms with Gasteiger partial charge in [0.25, 0.3) is 0 Å². The summed E-state index contributed by atoms with van der Waals surface area (Å²) in [5.74, 6) is 0.349. The summed E-state index contributed by atoms with van der Waals surface area (Å²) in [5.41, 5.74) is 1.03. The van der Waals surface area contributed by atoms with E-state index in [-0.39, 0.29) is 22.3 Å². The van der Waals surface area contributed by atoms with Crippen molar-refractivity contribution in [3.63, 3.8) is 0 Å². The zero-order chi connectivity index (χ0) is 15.2.